The standard InChI is InChI=1S/C18H24N2O3S/c1-4-23-14-7-5-13(6-8-14)17-20-15(11-24-17)16(22)19-12-18(2,3)9-10-21/h5-8,11,21H,4,9-10,12H2,1-3H3,(H,19,22). The second kappa shape index (κ2) is 8.26. The summed E-state index contributed by atoms with van der Waals surface area (Å²) in [6.07, 6.45) is 0.641. The zero-order chi connectivity index (χ0) is 17.6. The van der Waals surface area contributed by atoms with Crippen molar-refractivity contribution in [1.29, 1.82) is 0 Å². The smallest absolute Gasteiger partial charge is 0.270 e. The lowest BCUT2D eigenvalue weighted by atomic mass is 9.90. The van der Waals surface area contributed by atoms with Gasteiger partial charge in [0.2, 0.25) is 0 Å². The van der Waals surface area contributed by atoms with Crippen LogP contribution in [0.15, 0.2) is 29.6 Å². The molecule has 0 aliphatic carbocycles. The minimum atomic E-state index is -0.186. The predicted molar refractivity (Wildman–Crippen MR) is 96.5 cm³/mol. The highest BCUT2D eigenvalue weighted by Crippen LogP contribution is 2.26. The highest BCUT2D eigenvalue weighted by molar-refractivity contribution is 7.13. The zero-order valence-electron chi connectivity index (χ0n) is 14.3. The number of benzene rings is 1. The molecule has 0 spiro atoms. The summed E-state index contributed by atoms with van der Waals surface area (Å²) in [6.45, 7) is 7.21. The second-order valence-corrected chi connectivity index (χ2v) is 7.17. The average Bonchev–Trinajstić information content (AvgIpc) is 3.04. The van der Waals surface area contributed by atoms with Crippen LogP contribution in [0.4, 0.5) is 0 Å². The minimum Gasteiger partial charge on any atom is -0.494 e. The van der Waals surface area contributed by atoms with Crippen molar-refractivity contribution in [2.24, 2.45) is 5.41 Å². The third-order valence-corrected chi connectivity index (χ3v) is 4.56. The molecule has 2 aromatic rings. The quantitative estimate of drug-likeness (QED) is 0.767. The topological polar surface area (TPSA) is 71.5 Å². The lowest BCUT2D eigenvalue weighted by Crippen LogP contribution is -2.34. The highest BCUT2D eigenvalue weighted by Gasteiger charge is 2.19. The number of carbonyl (C=O) groups is 1. The number of aromatic nitrogens is 1. The van der Waals surface area contributed by atoms with Gasteiger partial charge in [-0.05, 0) is 43.0 Å². The molecule has 0 saturated heterocycles. The van der Waals surface area contributed by atoms with Gasteiger partial charge in [-0.15, -0.1) is 11.3 Å². The van der Waals surface area contributed by atoms with E-state index in [0.29, 0.717) is 25.3 Å². The number of aliphatic hydroxyl groups is 1. The van der Waals surface area contributed by atoms with Crippen LogP contribution in [0.2, 0.25) is 0 Å². The maximum Gasteiger partial charge on any atom is 0.270 e. The molecule has 0 aliphatic rings. The van der Waals surface area contributed by atoms with Gasteiger partial charge in [0.25, 0.3) is 5.91 Å². The number of nitrogens with one attached hydrogen (secondary N) is 1. The van der Waals surface area contributed by atoms with Gasteiger partial charge in [0.15, 0.2) is 0 Å². The monoisotopic (exact) mass is 348 g/mol. The van der Waals surface area contributed by atoms with E-state index in [1.165, 1.54) is 11.3 Å². The molecule has 1 aromatic carbocycles. The largest absolute Gasteiger partial charge is 0.494 e. The second-order valence-electron chi connectivity index (χ2n) is 6.32. The first-order valence-corrected chi connectivity index (χ1v) is 8.91. The molecule has 0 saturated carbocycles. The Labute approximate surface area is 146 Å². The van der Waals surface area contributed by atoms with Crippen molar-refractivity contribution in [3.8, 4) is 16.3 Å². The molecule has 2 N–H and O–H groups in total. The first-order valence-electron chi connectivity index (χ1n) is 8.03. The summed E-state index contributed by atoms with van der Waals surface area (Å²) < 4.78 is 5.42. The Kier molecular flexibility index (Phi) is 6.34. The van der Waals surface area contributed by atoms with E-state index >= 15 is 0 Å². The van der Waals surface area contributed by atoms with Gasteiger partial charge < -0.3 is 15.2 Å². The van der Waals surface area contributed by atoms with Gasteiger partial charge in [-0.3, -0.25) is 4.79 Å². The van der Waals surface area contributed by atoms with Crippen LogP contribution in [0, 0.1) is 5.41 Å². The molecule has 0 fully saturated rings. The van der Waals surface area contributed by atoms with Crippen LogP contribution in [-0.2, 0) is 0 Å². The number of amides is 1. The molecule has 1 heterocycles. The molecule has 0 bridgehead atoms. The summed E-state index contributed by atoms with van der Waals surface area (Å²) in [5, 5.41) is 14.5. The van der Waals surface area contributed by atoms with Crippen molar-refractivity contribution in [3.05, 3.63) is 35.3 Å². The van der Waals surface area contributed by atoms with Crippen LogP contribution < -0.4 is 10.1 Å². The molecule has 24 heavy (non-hydrogen) atoms. The highest BCUT2D eigenvalue weighted by atomic mass is 32.1. The maximum absolute atomic E-state index is 12.2. The Balaban J connectivity index is 2.00. The lowest BCUT2D eigenvalue weighted by Gasteiger charge is -2.23. The molecule has 6 heteroatoms. The van der Waals surface area contributed by atoms with Crippen molar-refractivity contribution in [1.82, 2.24) is 10.3 Å². The molecule has 5 nitrogen and oxygen atoms in total. The summed E-state index contributed by atoms with van der Waals surface area (Å²) in [6, 6.07) is 7.68. The molecule has 0 radical (unpaired) electrons. The minimum absolute atomic E-state index is 0.113. The number of ether oxygens (including phenoxy) is 1. The summed E-state index contributed by atoms with van der Waals surface area (Å²) in [5.74, 6) is 0.635. The van der Waals surface area contributed by atoms with Gasteiger partial charge in [-0.25, -0.2) is 4.98 Å². The van der Waals surface area contributed by atoms with E-state index in [2.05, 4.69) is 10.3 Å². The number of hydrogen-bond donors (Lipinski definition) is 2. The van der Waals surface area contributed by atoms with Crippen LogP contribution in [0.25, 0.3) is 10.6 Å². The fourth-order valence-electron chi connectivity index (χ4n) is 2.17. The number of hydrogen-bond acceptors (Lipinski definition) is 5. The van der Waals surface area contributed by atoms with Gasteiger partial charge in [-0.1, -0.05) is 13.8 Å². The molecule has 1 amide bonds. The fraction of sp³-hybridized carbons (Fsp3) is 0.444. The van der Waals surface area contributed by atoms with Gasteiger partial charge in [0.05, 0.1) is 6.61 Å². The van der Waals surface area contributed by atoms with Crippen molar-refractivity contribution >= 4 is 17.2 Å². The van der Waals surface area contributed by atoms with E-state index in [9.17, 15) is 4.79 Å². The molecule has 1 aromatic heterocycles. The Hall–Kier alpha value is -1.92. The third-order valence-electron chi connectivity index (χ3n) is 3.67. The van der Waals surface area contributed by atoms with Crippen molar-refractivity contribution in [2.75, 3.05) is 19.8 Å². The molecule has 0 unspecified atom stereocenters. The van der Waals surface area contributed by atoms with Crippen LogP contribution in [-0.4, -0.2) is 35.8 Å². The van der Waals surface area contributed by atoms with Crippen LogP contribution in [0.1, 0.15) is 37.7 Å². The van der Waals surface area contributed by atoms with Crippen LogP contribution >= 0.6 is 11.3 Å². The van der Waals surface area contributed by atoms with Gasteiger partial charge in [0, 0.05) is 24.1 Å². The normalized spacial score (nSPS) is 11.3. The SMILES string of the molecule is CCOc1ccc(-c2nc(C(=O)NCC(C)(C)CCO)cs2)cc1. The predicted octanol–water partition coefficient (Wildman–Crippen LogP) is 3.35. The van der Waals surface area contributed by atoms with E-state index in [1.54, 1.807) is 5.38 Å². The fourth-order valence-corrected chi connectivity index (χ4v) is 2.98. The molecule has 0 atom stereocenters. The summed E-state index contributed by atoms with van der Waals surface area (Å²) in [7, 11) is 0. The van der Waals surface area contributed by atoms with Crippen molar-refractivity contribution in [2.45, 2.75) is 27.2 Å². The number of aliphatic hydroxyl groups excluding tert-OH is 1. The summed E-state index contributed by atoms with van der Waals surface area (Å²) >= 11 is 1.44. The Morgan fingerprint density at radius 2 is 2.04 bits per heavy atom. The van der Waals surface area contributed by atoms with Gasteiger partial charge in [-0.2, -0.15) is 0 Å². The number of thiazole rings is 1. The van der Waals surface area contributed by atoms with Crippen LogP contribution in [0.5, 0.6) is 5.75 Å². The lowest BCUT2D eigenvalue weighted by molar-refractivity contribution is 0.0924. The molecular formula is C18H24N2O3S. The van der Waals surface area contributed by atoms with E-state index in [1.807, 2.05) is 45.0 Å². The van der Waals surface area contributed by atoms with Crippen LogP contribution in [0.3, 0.4) is 0 Å². The number of carbonyl (C=O) groups excluding carboxylic acids is 1. The molecule has 2 rings (SSSR count). The Morgan fingerprint density at radius 1 is 1.33 bits per heavy atom. The van der Waals surface area contributed by atoms with E-state index in [-0.39, 0.29) is 17.9 Å². The number of nitrogens with zero attached hydrogens (tertiary/aromatic N) is 1. The third kappa shape index (κ3) is 5.04. The number of rotatable bonds is 8. The van der Waals surface area contributed by atoms with E-state index < -0.39 is 0 Å². The summed E-state index contributed by atoms with van der Waals surface area (Å²) in [5.41, 5.74) is 1.24. The Morgan fingerprint density at radius 3 is 2.67 bits per heavy atom. The van der Waals surface area contributed by atoms with Gasteiger partial charge >= 0.3 is 0 Å². The van der Waals surface area contributed by atoms with Gasteiger partial charge in [0.1, 0.15) is 16.5 Å². The van der Waals surface area contributed by atoms with E-state index in [0.717, 1.165) is 16.3 Å². The van der Waals surface area contributed by atoms with E-state index in [4.69, 9.17) is 9.84 Å². The zero-order valence-corrected chi connectivity index (χ0v) is 15.2. The maximum atomic E-state index is 12.2. The summed E-state index contributed by atoms with van der Waals surface area (Å²) in [4.78, 5) is 16.6. The Bertz CT molecular complexity index is 665. The molecule has 0 aliphatic heterocycles. The average molecular weight is 348 g/mol. The molecular weight excluding hydrogens is 324 g/mol. The molecule has 130 valence electrons. The van der Waals surface area contributed by atoms with Crippen molar-refractivity contribution < 1.29 is 14.6 Å². The van der Waals surface area contributed by atoms with Crippen molar-refractivity contribution in [3.63, 3.8) is 0 Å². The first kappa shape index (κ1) is 18.4. The first-order chi connectivity index (χ1) is 11.4.